The summed E-state index contributed by atoms with van der Waals surface area (Å²) in [6.45, 7) is 2.03. The zero-order valence-corrected chi connectivity index (χ0v) is 9.97. The van der Waals surface area contributed by atoms with Gasteiger partial charge in [0, 0.05) is 19.3 Å². The maximum atomic E-state index is 11.7. The van der Waals surface area contributed by atoms with Crippen molar-refractivity contribution in [1.82, 2.24) is 9.78 Å². The first-order chi connectivity index (χ1) is 8.13. The van der Waals surface area contributed by atoms with Gasteiger partial charge in [-0.2, -0.15) is 5.10 Å². The number of aryl methyl sites for hydroxylation is 2. The lowest BCUT2D eigenvalue weighted by Crippen LogP contribution is -2.14. The van der Waals surface area contributed by atoms with Gasteiger partial charge in [-0.1, -0.05) is 29.8 Å². The molecule has 0 aliphatic carbocycles. The summed E-state index contributed by atoms with van der Waals surface area (Å²) in [5.41, 5.74) is 2.20. The molecule has 0 saturated heterocycles. The highest BCUT2D eigenvalue weighted by molar-refractivity contribution is 5.91. The molecule has 2 aromatic rings. The third-order valence-electron chi connectivity index (χ3n) is 2.47. The summed E-state index contributed by atoms with van der Waals surface area (Å²) in [6.07, 6.45) is 2.17. The summed E-state index contributed by atoms with van der Waals surface area (Å²) in [6, 6.07) is 9.71. The van der Waals surface area contributed by atoms with Crippen molar-refractivity contribution in [3.8, 4) is 0 Å². The molecule has 1 N–H and O–H groups in total. The van der Waals surface area contributed by atoms with Gasteiger partial charge >= 0.3 is 0 Å². The van der Waals surface area contributed by atoms with E-state index in [0.29, 0.717) is 12.2 Å². The second-order valence-corrected chi connectivity index (χ2v) is 4.09. The van der Waals surface area contributed by atoms with Crippen molar-refractivity contribution < 1.29 is 4.79 Å². The van der Waals surface area contributed by atoms with Crippen molar-refractivity contribution >= 4 is 11.7 Å². The Bertz CT molecular complexity index is 514. The first-order valence-electron chi connectivity index (χ1n) is 5.48. The van der Waals surface area contributed by atoms with E-state index in [1.54, 1.807) is 16.9 Å². The number of hydrogen-bond acceptors (Lipinski definition) is 2. The molecule has 0 saturated carbocycles. The molecule has 1 amide bonds. The first-order valence-corrected chi connectivity index (χ1v) is 5.48. The summed E-state index contributed by atoms with van der Waals surface area (Å²) >= 11 is 0. The highest BCUT2D eigenvalue weighted by Gasteiger charge is 2.05. The van der Waals surface area contributed by atoms with E-state index in [-0.39, 0.29) is 5.91 Å². The van der Waals surface area contributed by atoms with E-state index in [2.05, 4.69) is 10.4 Å². The van der Waals surface area contributed by atoms with Crippen LogP contribution in [0.15, 0.2) is 36.5 Å². The maximum absolute atomic E-state index is 11.7. The number of hydrogen-bond donors (Lipinski definition) is 1. The molecule has 88 valence electrons. The summed E-state index contributed by atoms with van der Waals surface area (Å²) < 4.78 is 1.65. The Balaban J connectivity index is 1.95. The van der Waals surface area contributed by atoms with Crippen molar-refractivity contribution in [2.75, 3.05) is 5.32 Å². The monoisotopic (exact) mass is 229 g/mol. The van der Waals surface area contributed by atoms with Crippen molar-refractivity contribution in [1.29, 1.82) is 0 Å². The third-order valence-corrected chi connectivity index (χ3v) is 2.47. The van der Waals surface area contributed by atoms with Crippen LogP contribution in [-0.4, -0.2) is 15.7 Å². The van der Waals surface area contributed by atoms with Crippen LogP contribution in [0.3, 0.4) is 0 Å². The number of nitrogens with zero attached hydrogens (tertiary/aromatic N) is 2. The van der Waals surface area contributed by atoms with Gasteiger partial charge in [0.05, 0.1) is 6.42 Å². The average molecular weight is 229 g/mol. The molecule has 0 fully saturated rings. The molecule has 2 rings (SSSR count). The van der Waals surface area contributed by atoms with E-state index < -0.39 is 0 Å². The van der Waals surface area contributed by atoms with Gasteiger partial charge in [-0.25, -0.2) is 0 Å². The van der Waals surface area contributed by atoms with Gasteiger partial charge in [0.15, 0.2) is 5.82 Å². The minimum atomic E-state index is -0.0486. The molecule has 0 aliphatic rings. The van der Waals surface area contributed by atoms with Crippen LogP contribution in [0.25, 0.3) is 0 Å². The average Bonchev–Trinajstić information content (AvgIpc) is 2.67. The van der Waals surface area contributed by atoms with Crippen molar-refractivity contribution in [2.45, 2.75) is 13.3 Å². The highest BCUT2D eigenvalue weighted by atomic mass is 16.1. The third kappa shape index (κ3) is 3.17. The van der Waals surface area contributed by atoms with Crippen molar-refractivity contribution in [2.24, 2.45) is 7.05 Å². The van der Waals surface area contributed by atoms with Gasteiger partial charge in [0.2, 0.25) is 5.91 Å². The van der Waals surface area contributed by atoms with E-state index in [9.17, 15) is 4.79 Å². The molecule has 0 unspecified atom stereocenters. The van der Waals surface area contributed by atoms with Crippen LogP contribution in [0, 0.1) is 6.92 Å². The summed E-state index contributed by atoms with van der Waals surface area (Å²) in [7, 11) is 1.82. The Morgan fingerprint density at radius 2 is 2.00 bits per heavy atom. The lowest BCUT2D eigenvalue weighted by molar-refractivity contribution is -0.115. The normalized spacial score (nSPS) is 10.2. The minimum Gasteiger partial charge on any atom is -0.309 e. The Morgan fingerprint density at radius 1 is 1.29 bits per heavy atom. The number of benzene rings is 1. The van der Waals surface area contributed by atoms with E-state index in [4.69, 9.17) is 0 Å². The topological polar surface area (TPSA) is 46.9 Å². The van der Waals surface area contributed by atoms with Gasteiger partial charge in [-0.05, 0) is 12.5 Å². The predicted molar refractivity (Wildman–Crippen MR) is 66.7 cm³/mol. The van der Waals surface area contributed by atoms with Gasteiger partial charge in [0.1, 0.15) is 0 Å². The smallest absolute Gasteiger partial charge is 0.229 e. The van der Waals surface area contributed by atoms with Crippen LogP contribution in [0.1, 0.15) is 11.1 Å². The molecule has 0 spiro atoms. The number of amides is 1. The van der Waals surface area contributed by atoms with E-state index in [0.717, 1.165) is 5.56 Å². The van der Waals surface area contributed by atoms with E-state index >= 15 is 0 Å². The summed E-state index contributed by atoms with van der Waals surface area (Å²) in [4.78, 5) is 11.7. The molecule has 1 aromatic heterocycles. The summed E-state index contributed by atoms with van der Waals surface area (Å²) in [5, 5.41) is 6.85. The highest BCUT2D eigenvalue weighted by Crippen LogP contribution is 2.06. The van der Waals surface area contributed by atoms with E-state index in [1.807, 2.05) is 38.2 Å². The molecule has 17 heavy (non-hydrogen) atoms. The second kappa shape index (κ2) is 4.82. The first kappa shape index (κ1) is 11.4. The van der Waals surface area contributed by atoms with Crippen LogP contribution in [0.4, 0.5) is 5.82 Å². The zero-order chi connectivity index (χ0) is 12.3. The quantitative estimate of drug-likeness (QED) is 0.874. The Morgan fingerprint density at radius 3 is 2.59 bits per heavy atom. The molecular formula is C13H15N3O. The van der Waals surface area contributed by atoms with Crippen LogP contribution in [0.5, 0.6) is 0 Å². The molecular weight excluding hydrogens is 214 g/mol. The van der Waals surface area contributed by atoms with Crippen LogP contribution in [0.2, 0.25) is 0 Å². The summed E-state index contributed by atoms with van der Waals surface area (Å²) in [5.74, 6) is 0.539. The van der Waals surface area contributed by atoms with Crippen LogP contribution >= 0.6 is 0 Å². The lowest BCUT2D eigenvalue weighted by atomic mass is 10.1. The molecule has 1 heterocycles. The lowest BCUT2D eigenvalue weighted by Gasteiger charge is -2.02. The number of carbonyl (C=O) groups is 1. The fourth-order valence-electron chi connectivity index (χ4n) is 1.56. The molecule has 0 radical (unpaired) electrons. The standard InChI is InChI=1S/C13H15N3O/c1-10-3-5-11(6-4-10)9-13(17)14-12-7-8-16(2)15-12/h3-8H,9H2,1-2H3,(H,14,15,17). The number of anilines is 1. The SMILES string of the molecule is Cc1ccc(CC(=O)Nc2ccn(C)n2)cc1. The minimum absolute atomic E-state index is 0.0486. The van der Waals surface area contributed by atoms with Gasteiger partial charge < -0.3 is 5.32 Å². The predicted octanol–water partition coefficient (Wildman–Crippen LogP) is 1.91. The Kier molecular flexibility index (Phi) is 3.23. The molecule has 1 aromatic carbocycles. The molecule has 0 atom stereocenters. The maximum Gasteiger partial charge on any atom is 0.229 e. The van der Waals surface area contributed by atoms with Crippen LogP contribution in [-0.2, 0) is 18.3 Å². The van der Waals surface area contributed by atoms with Crippen molar-refractivity contribution in [3.63, 3.8) is 0 Å². The zero-order valence-electron chi connectivity index (χ0n) is 9.97. The van der Waals surface area contributed by atoms with Gasteiger partial charge in [0.25, 0.3) is 0 Å². The Labute approximate surface area is 100 Å². The largest absolute Gasteiger partial charge is 0.309 e. The Hall–Kier alpha value is -2.10. The van der Waals surface area contributed by atoms with E-state index in [1.165, 1.54) is 5.56 Å². The molecule has 4 nitrogen and oxygen atoms in total. The number of rotatable bonds is 3. The number of carbonyl (C=O) groups excluding carboxylic acids is 1. The fraction of sp³-hybridized carbons (Fsp3) is 0.231. The number of aromatic nitrogens is 2. The fourth-order valence-corrected chi connectivity index (χ4v) is 1.56. The molecule has 0 bridgehead atoms. The van der Waals surface area contributed by atoms with Crippen LogP contribution < -0.4 is 5.32 Å². The number of nitrogens with one attached hydrogen (secondary N) is 1. The molecule has 4 heteroatoms. The van der Waals surface area contributed by atoms with Gasteiger partial charge in [-0.15, -0.1) is 0 Å². The van der Waals surface area contributed by atoms with Crippen molar-refractivity contribution in [3.05, 3.63) is 47.7 Å². The second-order valence-electron chi connectivity index (χ2n) is 4.09. The molecule has 0 aliphatic heterocycles. The van der Waals surface area contributed by atoms with Gasteiger partial charge in [-0.3, -0.25) is 9.48 Å².